The van der Waals surface area contributed by atoms with Crippen LogP contribution in [0.25, 0.3) is 0 Å². The van der Waals surface area contributed by atoms with Gasteiger partial charge in [0.1, 0.15) is 11.9 Å². The van der Waals surface area contributed by atoms with Crippen LogP contribution in [0.3, 0.4) is 0 Å². The third-order valence-electron chi connectivity index (χ3n) is 2.93. The van der Waals surface area contributed by atoms with Crippen LogP contribution < -0.4 is 5.32 Å². The number of ether oxygens (including phenoxy) is 1. The van der Waals surface area contributed by atoms with E-state index >= 15 is 0 Å². The van der Waals surface area contributed by atoms with E-state index in [1.807, 2.05) is 13.8 Å². The standard InChI is InChI=1S/C15H19ClFNO3/c1-9(2)7-13(15(20)21-3)18-14(19)8-10-11(16)5-4-6-12(10)17/h4-6,9,13H,7-8H2,1-3H3,(H,18,19). The molecule has 1 amide bonds. The Morgan fingerprint density at radius 1 is 1.38 bits per heavy atom. The average Bonchev–Trinajstić information content (AvgIpc) is 2.41. The van der Waals surface area contributed by atoms with Gasteiger partial charge in [-0.25, -0.2) is 9.18 Å². The van der Waals surface area contributed by atoms with Crippen LogP contribution in [0.2, 0.25) is 5.02 Å². The first kappa shape index (κ1) is 17.4. The van der Waals surface area contributed by atoms with E-state index < -0.39 is 23.7 Å². The molecule has 116 valence electrons. The maximum atomic E-state index is 13.6. The Hall–Kier alpha value is -1.62. The maximum Gasteiger partial charge on any atom is 0.328 e. The second-order valence-corrected chi connectivity index (χ2v) is 5.56. The lowest BCUT2D eigenvalue weighted by Gasteiger charge is -2.18. The first-order valence-corrected chi connectivity index (χ1v) is 7.03. The van der Waals surface area contributed by atoms with Gasteiger partial charge in [-0.15, -0.1) is 0 Å². The zero-order valence-electron chi connectivity index (χ0n) is 12.3. The highest BCUT2D eigenvalue weighted by molar-refractivity contribution is 6.31. The fourth-order valence-corrected chi connectivity index (χ4v) is 2.16. The van der Waals surface area contributed by atoms with Crippen molar-refractivity contribution in [2.75, 3.05) is 7.11 Å². The van der Waals surface area contributed by atoms with Crippen molar-refractivity contribution in [3.63, 3.8) is 0 Å². The molecular weight excluding hydrogens is 297 g/mol. The second-order valence-electron chi connectivity index (χ2n) is 5.15. The Morgan fingerprint density at radius 3 is 2.57 bits per heavy atom. The number of hydrogen-bond acceptors (Lipinski definition) is 3. The van der Waals surface area contributed by atoms with Gasteiger partial charge in [-0.05, 0) is 24.5 Å². The minimum absolute atomic E-state index is 0.116. The third kappa shape index (κ3) is 5.34. The fraction of sp³-hybridized carbons (Fsp3) is 0.467. The molecule has 1 aromatic rings. The van der Waals surface area contributed by atoms with Crippen LogP contribution in [0, 0.1) is 11.7 Å². The Morgan fingerprint density at radius 2 is 2.05 bits per heavy atom. The molecule has 21 heavy (non-hydrogen) atoms. The second kappa shape index (κ2) is 7.98. The lowest BCUT2D eigenvalue weighted by atomic mass is 10.0. The van der Waals surface area contributed by atoms with E-state index in [2.05, 4.69) is 10.1 Å². The van der Waals surface area contributed by atoms with Crippen LogP contribution in [0.4, 0.5) is 4.39 Å². The van der Waals surface area contributed by atoms with Gasteiger partial charge >= 0.3 is 5.97 Å². The van der Waals surface area contributed by atoms with Gasteiger partial charge in [0, 0.05) is 10.6 Å². The lowest BCUT2D eigenvalue weighted by Crippen LogP contribution is -2.43. The van der Waals surface area contributed by atoms with Crippen molar-refractivity contribution in [1.29, 1.82) is 0 Å². The number of hydrogen-bond donors (Lipinski definition) is 1. The van der Waals surface area contributed by atoms with Crippen LogP contribution in [-0.4, -0.2) is 25.0 Å². The number of nitrogens with one attached hydrogen (secondary N) is 1. The van der Waals surface area contributed by atoms with E-state index in [0.29, 0.717) is 6.42 Å². The molecule has 0 saturated carbocycles. The molecule has 4 nitrogen and oxygen atoms in total. The molecule has 6 heteroatoms. The molecule has 0 fully saturated rings. The summed E-state index contributed by atoms with van der Waals surface area (Å²) in [6, 6.07) is 3.47. The van der Waals surface area contributed by atoms with Crippen molar-refractivity contribution < 1.29 is 18.7 Å². The van der Waals surface area contributed by atoms with Crippen molar-refractivity contribution in [3.8, 4) is 0 Å². The minimum atomic E-state index is -0.743. The van der Waals surface area contributed by atoms with Gasteiger partial charge in [-0.3, -0.25) is 4.79 Å². The van der Waals surface area contributed by atoms with Crippen molar-refractivity contribution in [1.82, 2.24) is 5.32 Å². The molecule has 0 saturated heterocycles. The Bertz CT molecular complexity index is 499. The van der Waals surface area contributed by atoms with Gasteiger partial charge < -0.3 is 10.1 Å². The van der Waals surface area contributed by atoms with Crippen LogP contribution in [-0.2, 0) is 20.7 Å². The van der Waals surface area contributed by atoms with E-state index in [1.54, 1.807) is 0 Å². The molecule has 1 N–H and O–H groups in total. The monoisotopic (exact) mass is 315 g/mol. The largest absolute Gasteiger partial charge is 0.467 e. The number of amides is 1. The van der Waals surface area contributed by atoms with Gasteiger partial charge in [-0.2, -0.15) is 0 Å². The minimum Gasteiger partial charge on any atom is -0.467 e. The molecule has 1 unspecified atom stereocenters. The SMILES string of the molecule is COC(=O)C(CC(C)C)NC(=O)Cc1c(F)cccc1Cl. The van der Waals surface area contributed by atoms with E-state index in [9.17, 15) is 14.0 Å². The summed E-state index contributed by atoms with van der Waals surface area (Å²) >= 11 is 5.87. The smallest absolute Gasteiger partial charge is 0.328 e. The van der Waals surface area contributed by atoms with Crippen molar-refractivity contribution >= 4 is 23.5 Å². The summed E-state index contributed by atoms with van der Waals surface area (Å²) in [7, 11) is 1.26. The predicted octanol–water partition coefficient (Wildman–Crippen LogP) is 2.73. The van der Waals surface area contributed by atoms with E-state index in [0.717, 1.165) is 0 Å². The average molecular weight is 316 g/mol. The normalized spacial score (nSPS) is 12.1. The first-order valence-electron chi connectivity index (χ1n) is 6.65. The van der Waals surface area contributed by atoms with Crippen LogP contribution in [0.1, 0.15) is 25.8 Å². The molecule has 0 aliphatic rings. The summed E-state index contributed by atoms with van der Waals surface area (Å²) in [5.74, 6) is -1.34. The van der Waals surface area contributed by atoms with E-state index in [1.165, 1.54) is 25.3 Å². The predicted molar refractivity (Wildman–Crippen MR) is 78.5 cm³/mol. The zero-order valence-corrected chi connectivity index (χ0v) is 13.0. The van der Waals surface area contributed by atoms with Gasteiger partial charge in [0.05, 0.1) is 13.5 Å². The number of benzene rings is 1. The number of methoxy groups -OCH3 is 1. The summed E-state index contributed by atoms with van der Waals surface area (Å²) in [4.78, 5) is 23.6. The van der Waals surface area contributed by atoms with Gasteiger partial charge in [-0.1, -0.05) is 31.5 Å². The summed E-state index contributed by atoms with van der Waals surface area (Å²) in [6.07, 6.45) is 0.223. The molecule has 0 spiro atoms. The number of esters is 1. The first-order chi connectivity index (χ1) is 9.85. The lowest BCUT2D eigenvalue weighted by molar-refractivity contribution is -0.145. The number of carbonyl (C=O) groups excluding carboxylic acids is 2. The fourth-order valence-electron chi connectivity index (χ4n) is 1.93. The van der Waals surface area contributed by atoms with Gasteiger partial charge in [0.15, 0.2) is 0 Å². The molecule has 0 aromatic heterocycles. The van der Waals surface area contributed by atoms with E-state index in [-0.39, 0.29) is 22.9 Å². The highest BCUT2D eigenvalue weighted by Gasteiger charge is 2.23. The highest BCUT2D eigenvalue weighted by atomic mass is 35.5. The van der Waals surface area contributed by atoms with E-state index in [4.69, 9.17) is 11.6 Å². The Balaban J connectivity index is 2.76. The molecule has 1 atom stereocenters. The molecule has 1 aromatic carbocycles. The molecule has 0 aliphatic heterocycles. The molecular formula is C15H19ClFNO3. The number of rotatable bonds is 6. The summed E-state index contributed by atoms with van der Waals surface area (Å²) < 4.78 is 18.3. The quantitative estimate of drug-likeness (QED) is 0.821. The molecule has 0 aliphatic carbocycles. The molecule has 0 bridgehead atoms. The Labute approximate surface area is 128 Å². The number of halogens is 2. The zero-order chi connectivity index (χ0) is 16.0. The Kier molecular flexibility index (Phi) is 6.62. The summed E-state index contributed by atoms with van der Waals surface area (Å²) in [5.41, 5.74) is 0.116. The molecule has 0 heterocycles. The van der Waals surface area contributed by atoms with Crippen molar-refractivity contribution in [2.24, 2.45) is 5.92 Å². The van der Waals surface area contributed by atoms with Crippen LogP contribution >= 0.6 is 11.6 Å². The van der Waals surface area contributed by atoms with Crippen molar-refractivity contribution in [3.05, 3.63) is 34.6 Å². The molecule has 0 radical (unpaired) electrons. The maximum absolute atomic E-state index is 13.6. The highest BCUT2D eigenvalue weighted by Crippen LogP contribution is 2.19. The van der Waals surface area contributed by atoms with Gasteiger partial charge in [0.2, 0.25) is 5.91 Å². The van der Waals surface area contributed by atoms with Crippen molar-refractivity contribution in [2.45, 2.75) is 32.7 Å². The summed E-state index contributed by atoms with van der Waals surface area (Å²) in [5, 5.41) is 2.75. The summed E-state index contributed by atoms with van der Waals surface area (Å²) in [6.45, 7) is 3.85. The van der Waals surface area contributed by atoms with Gasteiger partial charge in [0.25, 0.3) is 0 Å². The molecule has 1 rings (SSSR count). The van der Waals surface area contributed by atoms with Crippen LogP contribution in [0.15, 0.2) is 18.2 Å². The van der Waals surface area contributed by atoms with Crippen LogP contribution in [0.5, 0.6) is 0 Å². The third-order valence-corrected chi connectivity index (χ3v) is 3.28. The number of carbonyl (C=O) groups is 2. The topological polar surface area (TPSA) is 55.4 Å².